The van der Waals surface area contributed by atoms with Crippen molar-refractivity contribution < 1.29 is 0 Å². The maximum absolute atomic E-state index is 2.52. The molecule has 15 heavy (non-hydrogen) atoms. The van der Waals surface area contributed by atoms with Crippen LogP contribution in [0.25, 0.3) is 5.57 Å². The molecule has 0 aliphatic heterocycles. The number of hydrogen-bond acceptors (Lipinski definition) is 0. The van der Waals surface area contributed by atoms with Crippen LogP contribution in [0, 0.1) is 11.8 Å². The molecule has 1 aromatic carbocycles. The molecule has 78 valence electrons. The minimum absolute atomic E-state index is 0.877. The van der Waals surface area contributed by atoms with E-state index in [0.29, 0.717) is 0 Å². The maximum atomic E-state index is 2.52. The van der Waals surface area contributed by atoms with Crippen LogP contribution in [0.3, 0.4) is 0 Å². The van der Waals surface area contributed by atoms with E-state index in [4.69, 9.17) is 0 Å². The van der Waals surface area contributed by atoms with Crippen molar-refractivity contribution in [3.63, 3.8) is 0 Å². The monoisotopic (exact) mass is 198 g/mol. The molecule has 0 heterocycles. The Morgan fingerprint density at radius 3 is 2.47 bits per heavy atom. The number of fused-ring (bicyclic) bond motifs is 2. The summed E-state index contributed by atoms with van der Waals surface area (Å²) in [6.45, 7) is 2.21. The molecule has 2 atom stereocenters. The Morgan fingerprint density at radius 1 is 1.13 bits per heavy atom. The Hall–Kier alpha value is -1.04. The molecule has 3 rings (SSSR count). The molecule has 0 nitrogen and oxygen atoms in total. The first-order valence-electron chi connectivity index (χ1n) is 6.18. The molecule has 0 N–H and O–H groups in total. The van der Waals surface area contributed by atoms with Gasteiger partial charge in [0.25, 0.3) is 0 Å². The lowest BCUT2D eigenvalue weighted by Gasteiger charge is -2.13. The van der Waals surface area contributed by atoms with Crippen molar-refractivity contribution in [1.29, 1.82) is 0 Å². The Morgan fingerprint density at radius 2 is 1.93 bits per heavy atom. The number of hydrogen-bond donors (Lipinski definition) is 0. The van der Waals surface area contributed by atoms with Gasteiger partial charge in [-0.15, -0.1) is 0 Å². The Balaban J connectivity index is 1.90. The zero-order valence-corrected chi connectivity index (χ0v) is 9.37. The zero-order chi connectivity index (χ0) is 10.3. The third-order valence-electron chi connectivity index (χ3n) is 4.02. The summed E-state index contributed by atoms with van der Waals surface area (Å²) in [5, 5.41) is 0. The van der Waals surface area contributed by atoms with Crippen LogP contribution >= 0.6 is 0 Å². The lowest BCUT2D eigenvalue weighted by atomic mass is 9.92. The van der Waals surface area contributed by atoms with Crippen LogP contribution in [-0.4, -0.2) is 0 Å². The fraction of sp³-hybridized carbons (Fsp3) is 0.467. The topological polar surface area (TPSA) is 0 Å². The average Bonchev–Trinajstić information content (AvgIpc) is 2.91. The van der Waals surface area contributed by atoms with Gasteiger partial charge >= 0.3 is 0 Å². The van der Waals surface area contributed by atoms with Gasteiger partial charge in [-0.05, 0) is 54.2 Å². The smallest absolute Gasteiger partial charge is 0.0153 e. The molecule has 2 aliphatic rings. The molecule has 1 fully saturated rings. The minimum Gasteiger partial charge on any atom is -0.0773 e. The fourth-order valence-electron chi connectivity index (χ4n) is 3.11. The van der Waals surface area contributed by atoms with Gasteiger partial charge in [0.15, 0.2) is 0 Å². The average molecular weight is 198 g/mol. The molecular weight excluding hydrogens is 180 g/mol. The van der Waals surface area contributed by atoms with Gasteiger partial charge in [-0.2, -0.15) is 0 Å². The molecule has 0 spiro atoms. The van der Waals surface area contributed by atoms with Crippen molar-refractivity contribution in [3.8, 4) is 0 Å². The molecule has 2 unspecified atom stereocenters. The second kappa shape index (κ2) is 3.52. The van der Waals surface area contributed by atoms with Crippen LogP contribution in [0.5, 0.6) is 0 Å². The van der Waals surface area contributed by atoms with Crippen LogP contribution in [0.2, 0.25) is 0 Å². The highest BCUT2D eigenvalue weighted by molar-refractivity contribution is 5.70. The molecule has 2 aliphatic carbocycles. The van der Waals surface area contributed by atoms with Crippen molar-refractivity contribution in [1.82, 2.24) is 0 Å². The third-order valence-corrected chi connectivity index (χ3v) is 4.02. The molecule has 0 radical (unpaired) electrons. The van der Waals surface area contributed by atoms with Gasteiger partial charge < -0.3 is 0 Å². The van der Waals surface area contributed by atoms with Gasteiger partial charge in [0.1, 0.15) is 0 Å². The van der Waals surface area contributed by atoms with E-state index in [1.165, 1.54) is 30.4 Å². The highest BCUT2D eigenvalue weighted by Gasteiger charge is 2.32. The van der Waals surface area contributed by atoms with E-state index >= 15 is 0 Å². The molecule has 0 aromatic heterocycles. The quantitative estimate of drug-likeness (QED) is 0.672. The van der Waals surface area contributed by atoms with Crippen LogP contribution in [0.1, 0.15) is 37.3 Å². The van der Waals surface area contributed by atoms with Crippen LogP contribution < -0.4 is 0 Å². The van der Waals surface area contributed by atoms with Crippen molar-refractivity contribution >= 4 is 5.57 Å². The number of rotatable bonds is 2. The number of allylic oxidation sites excluding steroid dienone is 2. The Kier molecular flexibility index (Phi) is 2.16. The molecule has 1 aromatic rings. The van der Waals surface area contributed by atoms with Crippen molar-refractivity contribution in [2.45, 2.75) is 32.6 Å². The summed E-state index contributed by atoms with van der Waals surface area (Å²) < 4.78 is 0. The largest absolute Gasteiger partial charge is 0.0773 e. The summed E-state index contributed by atoms with van der Waals surface area (Å²) >= 11 is 0. The molecule has 0 heteroatoms. The van der Waals surface area contributed by atoms with Gasteiger partial charge in [0.05, 0.1) is 0 Å². The molecule has 0 amide bonds. The highest BCUT2D eigenvalue weighted by atomic mass is 14.4. The lowest BCUT2D eigenvalue weighted by Crippen LogP contribution is -1.96. The van der Waals surface area contributed by atoms with Gasteiger partial charge in [0, 0.05) is 0 Å². The number of benzene rings is 1. The predicted molar refractivity (Wildman–Crippen MR) is 64.6 cm³/mol. The first kappa shape index (κ1) is 9.21. The second-order valence-electron chi connectivity index (χ2n) is 4.94. The van der Waals surface area contributed by atoms with Crippen molar-refractivity contribution in [3.05, 3.63) is 41.5 Å². The van der Waals surface area contributed by atoms with E-state index in [2.05, 4.69) is 37.3 Å². The van der Waals surface area contributed by atoms with E-state index in [1.807, 2.05) is 0 Å². The first-order valence-corrected chi connectivity index (χ1v) is 6.18. The maximum Gasteiger partial charge on any atom is -0.0153 e. The van der Waals surface area contributed by atoms with E-state index in [1.54, 1.807) is 5.57 Å². The van der Waals surface area contributed by atoms with Gasteiger partial charge in [-0.1, -0.05) is 37.3 Å². The summed E-state index contributed by atoms with van der Waals surface area (Å²) in [6, 6.07) is 9.18. The van der Waals surface area contributed by atoms with Gasteiger partial charge in [-0.25, -0.2) is 0 Å². The lowest BCUT2D eigenvalue weighted by molar-refractivity contribution is 0.695. The normalized spacial score (nSPS) is 28.2. The zero-order valence-electron chi connectivity index (χ0n) is 9.37. The summed E-state index contributed by atoms with van der Waals surface area (Å²) in [4.78, 5) is 0. The third kappa shape index (κ3) is 1.52. The molecule has 2 bridgehead atoms. The Labute approximate surface area is 92.0 Å². The molecule has 1 saturated carbocycles. The summed E-state index contributed by atoms with van der Waals surface area (Å²) in [5.74, 6) is 1.78. The minimum atomic E-state index is 0.877. The predicted octanol–water partition coefficient (Wildman–Crippen LogP) is 4.06. The van der Waals surface area contributed by atoms with Crippen molar-refractivity contribution in [2.75, 3.05) is 0 Å². The fourth-order valence-corrected chi connectivity index (χ4v) is 3.11. The first-order chi connectivity index (χ1) is 7.36. The van der Waals surface area contributed by atoms with Crippen molar-refractivity contribution in [2.24, 2.45) is 11.8 Å². The Bertz CT molecular complexity index is 383. The van der Waals surface area contributed by atoms with Gasteiger partial charge in [-0.3, -0.25) is 0 Å². The van der Waals surface area contributed by atoms with E-state index in [0.717, 1.165) is 18.3 Å². The SMILES string of the molecule is CCc1ccc(C2=CC3CCC2C3)cc1. The summed E-state index contributed by atoms with van der Waals surface area (Å²) in [6.07, 6.45) is 7.94. The van der Waals surface area contributed by atoms with E-state index in [-0.39, 0.29) is 0 Å². The van der Waals surface area contributed by atoms with Gasteiger partial charge in [0.2, 0.25) is 0 Å². The van der Waals surface area contributed by atoms with E-state index < -0.39 is 0 Å². The van der Waals surface area contributed by atoms with Crippen LogP contribution in [0.4, 0.5) is 0 Å². The molecular formula is C15H18. The number of aryl methyl sites for hydroxylation is 1. The van der Waals surface area contributed by atoms with Crippen LogP contribution in [-0.2, 0) is 6.42 Å². The van der Waals surface area contributed by atoms with Crippen LogP contribution in [0.15, 0.2) is 30.3 Å². The highest BCUT2D eigenvalue weighted by Crippen LogP contribution is 2.47. The standard InChI is InChI=1S/C15H18/c1-2-11-3-6-13(7-4-11)15-10-12-5-8-14(15)9-12/h3-4,6-7,10,12,14H,2,5,8-9H2,1H3. The van der Waals surface area contributed by atoms with E-state index in [9.17, 15) is 0 Å². The molecule has 0 saturated heterocycles. The second-order valence-corrected chi connectivity index (χ2v) is 4.94. The summed E-state index contributed by atoms with van der Waals surface area (Å²) in [7, 11) is 0. The summed E-state index contributed by atoms with van der Waals surface area (Å²) in [5.41, 5.74) is 4.55.